The van der Waals surface area contributed by atoms with Crippen molar-refractivity contribution in [3.8, 4) is 5.75 Å². The summed E-state index contributed by atoms with van der Waals surface area (Å²) in [5.74, 6) is 2.92. The van der Waals surface area contributed by atoms with Gasteiger partial charge in [-0.05, 0) is 25.0 Å². The molecule has 106 valence electrons. The normalized spacial score (nSPS) is 16.4. The molecule has 6 heteroatoms. The van der Waals surface area contributed by atoms with Gasteiger partial charge in [-0.1, -0.05) is 0 Å². The van der Waals surface area contributed by atoms with E-state index in [4.69, 9.17) is 10.5 Å². The SMILES string of the molecule is COc1ccc(N2CCC(c3cc(N)[nH]n3)CC2)nc1. The number of nitrogens with one attached hydrogen (secondary N) is 1. The van der Waals surface area contributed by atoms with E-state index in [-0.39, 0.29) is 0 Å². The van der Waals surface area contributed by atoms with Crippen LogP contribution in [0.1, 0.15) is 24.5 Å². The molecule has 1 aliphatic rings. The third-order valence-electron chi connectivity index (χ3n) is 3.81. The number of nitrogens with two attached hydrogens (primary N) is 1. The first-order valence-corrected chi connectivity index (χ1v) is 6.82. The lowest BCUT2D eigenvalue weighted by molar-refractivity contribution is 0.412. The third-order valence-corrected chi connectivity index (χ3v) is 3.81. The zero-order valence-corrected chi connectivity index (χ0v) is 11.5. The Labute approximate surface area is 118 Å². The fraction of sp³-hybridized carbons (Fsp3) is 0.429. The molecule has 0 bridgehead atoms. The van der Waals surface area contributed by atoms with E-state index < -0.39 is 0 Å². The molecule has 0 unspecified atom stereocenters. The number of ether oxygens (including phenoxy) is 1. The Morgan fingerprint density at radius 3 is 2.70 bits per heavy atom. The second-order valence-corrected chi connectivity index (χ2v) is 5.07. The van der Waals surface area contributed by atoms with Crippen LogP contribution in [0.25, 0.3) is 0 Å². The van der Waals surface area contributed by atoms with E-state index in [2.05, 4.69) is 20.1 Å². The predicted molar refractivity (Wildman–Crippen MR) is 78.0 cm³/mol. The minimum Gasteiger partial charge on any atom is -0.495 e. The van der Waals surface area contributed by atoms with E-state index in [0.717, 1.165) is 43.2 Å². The number of hydrogen-bond donors (Lipinski definition) is 2. The number of nitrogens with zero attached hydrogens (tertiary/aromatic N) is 3. The summed E-state index contributed by atoms with van der Waals surface area (Å²) in [4.78, 5) is 6.73. The van der Waals surface area contributed by atoms with Gasteiger partial charge in [-0.15, -0.1) is 0 Å². The number of hydrogen-bond acceptors (Lipinski definition) is 5. The summed E-state index contributed by atoms with van der Waals surface area (Å²) in [6, 6.07) is 5.89. The number of rotatable bonds is 3. The lowest BCUT2D eigenvalue weighted by Gasteiger charge is -2.32. The van der Waals surface area contributed by atoms with Gasteiger partial charge >= 0.3 is 0 Å². The van der Waals surface area contributed by atoms with Gasteiger partial charge in [-0.2, -0.15) is 5.10 Å². The van der Waals surface area contributed by atoms with Crippen LogP contribution in [0, 0.1) is 0 Å². The maximum Gasteiger partial charge on any atom is 0.137 e. The lowest BCUT2D eigenvalue weighted by atomic mass is 9.93. The highest BCUT2D eigenvalue weighted by Crippen LogP contribution is 2.29. The van der Waals surface area contributed by atoms with Crippen LogP contribution in [-0.4, -0.2) is 35.4 Å². The number of pyridine rings is 1. The minimum atomic E-state index is 0.484. The van der Waals surface area contributed by atoms with Crippen molar-refractivity contribution in [1.82, 2.24) is 15.2 Å². The number of aromatic amines is 1. The van der Waals surface area contributed by atoms with Gasteiger partial charge in [-0.3, -0.25) is 5.10 Å². The van der Waals surface area contributed by atoms with E-state index >= 15 is 0 Å². The first-order chi connectivity index (χ1) is 9.76. The zero-order valence-electron chi connectivity index (χ0n) is 11.5. The maximum absolute atomic E-state index is 5.68. The Morgan fingerprint density at radius 1 is 1.35 bits per heavy atom. The number of H-pyrrole nitrogens is 1. The molecular weight excluding hydrogens is 254 g/mol. The summed E-state index contributed by atoms with van der Waals surface area (Å²) < 4.78 is 5.13. The van der Waals surface area contributed by atoms with Crippen LogP contribution < -0.4 is 15.4 Å². The average Bonchev–Trinajstić information content (AvgIpc) is 2.94. The van der Waals surface area contributed by atoms with Crippen molar-refractivity contribution in [3.05, 3.63) is 30.1 Å². The summed E-state index contributed by atoms with van der Waals surface area (Å²) in [6.45, 7) is 1.97. The van der Waals surface area contributed by atoms with Gasteiger partial charge in [0.15, 0.2) is 0 Å². The van der Waals surface area contributed by atoms with Gasteiger partial charge in [0.2, 0.25) is 0 Å². The van der Waals surface area contributed by atoms with E-state index in [0.29, 0.717) is 11.7 Å². The molecule has 3 N–H and O–H groups in total. The van der Waals surface area contributed by atoms with Crippen LogP contribution in [0.4, 0.5) is 11.6 Å². The highest BCUT2D eigenvalue weighted by Gasteiger charge is 2.23. The molecule has 1 aliphatic heterocycles. The molecule has 1 saturated heterocycles. The molecular formula is C14H19N5O. The van der Waals surface area contributed by atoms with Crippen molar-refractivity contribution in [2.75, 3.05) is 30.8 Å². The minimum absolute atomic E-state index is 0.484. The summed E-state index contributed by atoms with van der Waals surface area (Å²) in [7, 11) is 1.65. The van der Waals surface area contributed by atoms with Crippen molar-refractivity contribution in [2.24, 2.45) is 0 Å². The summed E-state index contributed by atoms with van der Waals surface area (Å²) in [5, 5.41) is 7.07. The van der Waals surface area contributed by atoms with Gasteiger partial charge in [0.05, 0.1) is 19.0 Å². The second-order valence-electron chi connectivity index (χ2n) is 5.07. The molecule has 2 aromatic heterocycles. The lowest BCUT2D eigenvalue weighted by Crippen LogP contribution is -2.33. The van der Waals surface area contributed by atoms with Gasteiger partial charge in [0.1, 0.15) is 17.4 Å². The fourth-order valence-electron chi connectivity index (χ4n) is 2.65. The molecule has 20 heavy (non-hydrogen) atoms. The van der Waals surface area contributed by atoms with Crippen molar-refractivity contribution in [1.29, 1.82) is 0 Å². The zero-order chi connectivity index (χ0) is 13.9. The molecule has 0 saturated carbocycles. The van der Waals surface area contributed by atoms with E-state index in [1.54, 1.807) is 13.3 Å². The van der Waals surface area contributed by atoms with E-state index in [9.17, 15) is 0 Å². The highest BCUT2D eigenvalue weighted by molar-refractivity contribution is 5.41. The highest BCUT2D eigenvalue weighted by atomic mass is 16.5. The Bertz CT molecular complexity index is 557. The van der Waals surface area contributed by atoms with Crippen LogP contribution in [0.2, 0.25) is 0 Å². The van der Waals surface area contributed by atoms with Crippen molar-refractivity contribution < 1.29 is 4.74 Å². The molecule has 0 atom stereocenters. The second kappa shape index (κ2) is 5.40. The molecule has 0 amide bonds. The largest absolute Gasteiger partial charge is 0.495 e. The molecule has 0 spiro atoms. The molecule has 0 aliphatic carbocycles. The molecule has 6 nitrogen and oxygen atoms in total. The Balaban J connectivity index is 1.63. The van der Waals surface area contributed by atoms with Crippen LogP contribution in [0.3, 0.4) is 0 Å². The third kappa shape index (κ3) is 2.54. The number of nitrogen functional groups attached to an aromatic ring is 1. The number of aromatic nitrogens is 3. The van der Waals surface area contributed by atoms with Crippen LogP contribution in [0.5, 0.6) is 5.75 Å². The average molecular weight is 273 g/mol. The maximum atomic E-state index is 5.68. The Morgan fingerprint density at radius 2 is 2.15 bits per heavy atom. The van der Waals surface area contributed by atoms with Gasteiger partial charge in [0.25, 0.3) is 0 Å². The van der Waals surface area contributed by atoms with Gasteiger partial charge < -0.3 is 15.4 Å². The van der Waals surface area contributed by atoms with E-state index in [1.807, 2.05) is 18.2 Å². The molecule has 2 aromatic rings. The topological polar surface area (TPSA) is 80.1 Å². The molecule has 0 aromatic carbocycles. The van der Waals surface area contributed by atoms with Crippen LogP contribution in [0.15, 0.2) is 24.4 Å². The number of methoxy groups -OCH3 is 1. The molecule has 1 fully saturated rings. The Kier molecular flexibility index (Phi) is 3.45. The van der Waals surface area contributed by atoms with Crippen molar-refractivity contribution >= 4 is 11.6 Å². The fourth-order valence-corrected chi connectivity index (χ4v) is 2.65. The standard InChI is InChI=1S/C14H19N5O/c1-20-11-2-3-14(16-9-11)19-6-4-10(5-7-19)12-8-13(15)18-17-12/h2-3,8-10H,4-7H2,1H3,(H3,15,17,18). The van der Waals surface area contributed by atoms with Gasteiger partial charge in [-0.25, -0.2) is 4.98 Å². The van der Waals surface area contributed by atoms with E-state index in [1.165, 1.54) is 0 Å². The molecule has 0 radical (unpaired) electrons. The first-order valence-electron chi connectivity index (χ1n) is 6.82. The van der Waals surface area contributed by atoms with Crippen molar-refractivity contribution in [3.63, 3.8) is 0 Å². The Hall–Kier alpha value is -2.24. The quantitative estimate of drug-likeness (QED) is 0.891. The van der Waals surface area contributed by atoms with Crippen LogP contribution >= 0.6 is 0 Å². The number of piperidine rings is 1. The monoisotopic (exact) mass is 273 g/mol. The number of anilines is 2. The molecule has 3 heterocycles. The summed E-state index contributed by atoms with van der Waals surface area (Å²) in [5.41, 5.74) is 6.75. The van der Waals surface area contributed by atoms with Gasteiger partial charge in [0, 0.05) is 25.1 Å². The van der Waals surface area contributed by atoms with Crippen LogP contribution in [-0.2, 0) is 0 Å². The summed E-state index contributed by atoms with van der Waals surface area (Å²) >= 11 is 0. The summed E-state index contributed by atoms with van der Waals surface area (Å²) in [6.07, 6.45) is 3.89. The van der Waals surface area contributed by atoms with Crippen molar-refractivity contribution in [2.45, 2.75) is 18.8 Å². The molecule has 3 rings (SSSR count). The smallest absolute Gasteiger partial charge is 0.137 e. The first kappa shape index (κ1) is 12.8. The predicted octanol–water partition coefficient (Wildman–Crippen LogP) is 1.78.